The molecule has 0 nitrogen and oxygen atoms in total. The second kappa shape index (κ2) is 19.8. The van der Waals surface area contributed by atoms with E-state index in [1.165, 1.54) is 62.8 Å². The molecule has 1 aliphatic rings. The lowest BCUT2D eigenvalue weighted by atomic mass is 9.84. The highest BCUT2D eigenvalue weighted by molar-refractivity contribution is 5.24. The Bertz CT molecular complexity index is 1300. The van der Waals surface area contributed by atoms with Crippen molar-refractivity contribution in [1.29, 1.82) is 0 Å². The fraction of sp³-hybridized carbons (Fsp3) is 0.400. The van der Waals surface area contributed by atoms with Crippen LogP contribution in [0.25, 0.3) is 0 Å². The Kier molecular flexibility index (Phi) is 17.4. The van der Waals surface area contributed by atoms with E-state index in [1.54, 1.807) is 38.1 Å². The Morgan fingerprint density at radius 3 is 0.909 bits per heavy atom. The lowest BCUT2D eigenvalue weighted by Gasteiger charge is -2.22. The molecule has 0 heterocycles. The minimum atomic E-state index is -0.736. The zero-order valence-electron chi connectivity index (χ0n) is 28.4. The molecule has 0 aliphatic heterocycles. The molecule has 4 aromatic rings. The molecule has 0 atom stereocenters. The van der Waals surface area contributed by atoms with Crippen molar-refractivity contribution in [3.63, 3.8) is 0 Å². The van der Waals surface area contributed by atoms with Gasteiger partial charge in [0, 0.05) is 1.43 Å². The summed E-state index contributed by atoms with van der Waals surface area (Å²) in [5.41, 5.74) is 6.72. The maximum Gasteiger partial charge on any atom is 0.161 e. The van der Waals surface area contributed by atoms with Crippen molar-refractivity contribution < 1.29 is 19.0 Å². The van der Waals surface area contributed by atoms with Gasteiger partial charge in [-0.3, -0.25) is 0 Å². The van der Waals surface area contributed by atoms with Crippen LogP contribution >= 0.6 is 0 Å². The summed E-state index contributed by atoms with van der Waals surface area (Å²) in [7, 11) is 0. The smallest absolute Gasteiger partial charge is 0.161 e. The molecular formula is C40H54F4. The minimum Gasteiger partial charge on any atom is -0.207 e. The summed E-state index contributed by atoms with van der Waals surface area (Å²) in [6, 6.07) is 22.0. The maximum atomic E-state index is 12.6. The SMILES string of the molecule is CC1CCC(C)CC1.Cc1ccc(C)c(F)c1.Cc1ccc(C)c(F)c1.Cc1ccc(C)c(F)c1F.Cc1ccc(C)cc1.[HH]. The topological polar surface area (TPSA) is 0 Å². The van der Waals surface area contributed by atoms with Crippen molar-refractivity contribution in [2.45, 2.75) is 94.9 Å². The summed E-state index contributed by atoms with van der Waals surface area (Å²) >= 11 is 0. The van der Waals surface area contributed by atoms with Crippen LogP contribution in [-0.2, 0) is 0 Å². The second-order valence-corrected chi connectivity index (χ2v) is 12.4. The molecule has 1 fully saturated rings. The van der Waals surface area contributed by atoms with Gasteiger partial charge in [-0.1, -0.05) is 111 Å². The monoisotopic (exact) mass is 610 g/mol. The zero-order valence-corrected chi connectivity index (χ0v) is 28.4. The molecule has 4 aromatic carbocycles. The van der Waals surface area contributed by atoms with Crippen LogP contribution in [-0.4, -0.2) is 0 Å². The van der Waals surface area contributed by atoms with Gasteiger partial charge in [-0.05, 0) is 113 Å². The van der Waals surface area contributed by atoms with E-state index >= 15 is 0 Å². The van der Waals surface area contributed by atoms with Gasteiger partial charge in [0.1, 0.15) is 11.6 Å². The highest BCUT2D eigenvalue weighted by atomic mass is 19.2. The molecule has 1 saturated carbocycles. The molecule has 0 radical (unpaired) electrons. The zero-order chi connectivity index (χ0) is 33.4. The predicted molar refractivity (Wildman–Crippen MR) is 182 cm³/mol. The Morgan fingerprint density at radius 2 is 0.659 bits per heavy atom. The average Bonchev–Trinajstić information content (AvgIpc) is 2.98. The van der Waals surface area contributed by atoms with Gasteiger partial charge in [-0.2, -0.15) is 0 Å². The van der Waals surface area contributed by atoms with Crippen molar-refractivity contribution in [2.75, 3.05) is 0 Å². The van der Waals surface area contributed by atoms with Crippen LogP contribution in [0.4, 0.5) is 17.6 Å². The van der Waals surface area contributed by atoms with E-state index in [2.05, 4.69) is 52.0 Å². The van der Waals surface area contributed by atoms with E-state index in [9.17, 15) is 17.6 Å². The normalized spacial score (nSPS) is 15.1. The van der Waals surface area contributed by atoms with Crippen LogP contribution in [0, 0.1) is 90.5 Å². The van der Waals surface area contributed by atoms with Crippen molar-refractivity contribution in [3.05, 3.63) is 141 Å². The number of hydrogen-bond acceptors (Lipinski definition) is 0. The molecule has 0 saturated heterocycles. The van der Waals surface area contributed by atoms with Crippen molar-refractivity contribution in [3.8, 4) is 0 Å². The van der Waals surface area contributed by atoms with Gasteiger partial charge in [-0.15, -0.1) is 0 Å². The van der Waals surface area contributed by atoms with Gasteiger partial charge in [0.2, 0.25) is 0 Å². The summed E-state index contributed by atoms with van der Waals surface area (Å²) < 4.78 is 50.4. The fourth-order valence-electron chi connectivity index (χ4n) is 4.20. The van der Waals surface area contributed by atoms with Gasteiger partial charge in [0.15, 0.2) is 11.6 Å². The van der Waals surface area contributed by atoms with E-state index in [-0.39, 0.29) is 13.1 Å². The Balaban J connectivity index is 0.000000536. The van der Waals surface area contributed by atoms with Crippen molar-refractivity contribution in [1.82, 2.24) is 0 Å². The third-order valence-electron chi connectivity index (χ3n) is 7.65. The predicted octanol–water partition coefficient (Wildman–Crippen LogP) is 12.8. The van der Waals surface area contributed by atoms with E-state index < -0.39 is 11.6 Å². The van der Waals surface area contributed by atoms with Crippen LogP contribution in [0.2, 0.25) is 0 Å². The second-order valence-electron chi connectivity index (χ2n) is 12.4. The Labute approximate surface area is 266 Å². The molecule has 0 amide bonds. The van der Waals surface area contributed by atoms with Gasteiger partial charge in [-0.25, -0.2) is 17.6 Å². The largest absolute Gasteiger partial charge is 0.207 e. The molecule has 0 spiro atoms. The van der Waals surface area contributed by atoms with Crippen molar-refractivity contribution in [2.24, 2.45) is 11.8 Å². The molecule has 44 heavy (non-hydrogen) atoms. The molecule has 0 unspecified atom stereocenters. The third-order valence-corrected chi connectivity index (χ3v) is 7.65. The number of halogens is 4. The number of hydrogen-bond donors (Lipinski definition) is 0. The van der Waals surface area contributed by atoms with Gasteiger partial charge in [0.05, 0.1) is 0 Å². The molecule has 0 bridgehead atoms. The Morgan fingerprint density at radius 1 is 0.409 bits per heavy atom. The number of aryl methyl sites for hydroxylation is 8. The quantitative estimate of drug-likeness (QED) is 0.174. The highest BCUT2D eigenvalue weighted by Gasteiger charge is 2.13. The summed E-state index contributed by atoms with van der Waals surface area (Å²) in [6.07, 6.45) is 5.89. The lowest BCUT2D eigenvalue weighted by Crippen LogP contribution is -2.08. The van der Waals surface area contributed by atoms with Crippen LogP contribution in [0.5, 0.6) is 0 Å². The first-order valence-electron chi connectivity index (χ1n) is 15.5. The van der Waals surface area contributed by atoms with E-state index in [4.69, 9.17) is 0 Å². The minimum absolute atomic E-state index is 0. The van der Waals surface area contributed by atoms with Gasteiger partial charge >= 0.3 is 0 Å². The Hall–Kier alpha value is -3.40. The number of rotatable bonds is 0. The lowest BCUT2D eigenvalue weighted by molar-refractivity contribution is 0.308. The maximum absolute atomic E-state index is 12.6. The molecule has 0 aromatic heterocycles. The summed E-state index contributed by atoms with van der Waals surface area (Å²) in [5, 5.41) is 0. The number of benzene rings is 4. The van der Waals surface area contributed by atoms with Gasteiger partial charge < -0.3 is 0 Å². The fourth-order valence-corrected chi connectivity index (χ4v) is 4.20. The molecular weight excluding hydrogens is 556 g/mol. The van der Waals surface area contributed by atoms with E-state index in [0.29, 0.717) is 22.3 Å². The first kappa shape index (κ1) is 38.6. The highest BCUT2D eigenvalue weighted by Crippen LogP contribution is 2.27. The van der Waals surface area contributed by atoms with E-state index in [0.717, 1.165) is 23.0 Å². The molecule has 0 N–H and O–H groups in total. The van der Waals surface area contributed by atoms with Gasteiger partial charge in [0.25, 0.3) is 0 Å². The summed E-state index contributed by atoms with van der Waals surface area (Å²) in [6.45, 7) is 19.3. The third kappa shape index (κ3) is 15.4. The molecule has 5 rings (SSSR count). The standard InChI is InChI=1S/C8H8F2.2C8H9F.C8H16.C8H10.H2/c1-5-3-4-6(2)8(10)7(5)9;2*1-6-3-4-7(2)8(9)5-6;2*1-7-3-5-8(2)6-4-7;/h3-4H,1-2H3;2*3-5H,1-2H3;7-8H,3-6H2,1-2H3;3-6H,1-2H3;1H. The first-order chi connectivity index (χ1) is 20.6. The summed E-state index contributed by atoms with van der Waals surface area (Å²) in [5.74, 6) is 0.336. The van der Waals surface area contributed by atoms with E-state index in [1.807, 2.05) is 26.0 Å². The van der Waals surface area contributed by atoms with Crippen LogP contribution in [0.1, 0.15) is 85.5 Å². The molecule has 4 heteroatoms. The van der Waals surface area contributed by atoms with Crippen LogP contribution in [0.3, 0.4) is 0 Å². The molecule has 242 valence electrons. The summed E-state index contributed by atoms with van der Waals surface area (Å²) in [4.78, 5) is 0. The van der Waals surface area contributed by atoms with Crippen LogP contribution in [0.15, 0.2) is 72.8 Å². The molecule has 1 aliphatic carbocycles. The average molecular weight is 611 g/mol. The van der Waals surface area contributed by atoms with Crippen LogP contribution < -0.4 is 0 Å². The van der Waals surface area contributed by atoms with Crippen molar-refractivity contribution >= 4 is 0 Å². The first-order valence-corrected chi connectivity index (χ1v) is 15.5.